The van der Waals surface area contributed by atoms with E-state index < -0.39 is 18.0 Å². The van der Waals surface area contributed by atoms with Gasteiger partial charge in [-0.25, -0.2) is 9.59 Å². The molecule has 1 atom stereocenters. The SMILES string of the molecule is CC(COC(=O)c1ccc2c(c1)OCO2)OC(=O)c1ccc2c(c1)OCO2. The zero-order valence-corrected chi connectivity index (χ0v) is 14.4. The summed E-state index contributed by atoms with van der Waals surface area (Å²) in [6.07, 6.45) is -0.624. The summed E-state index contributed by atoms with van der Waals surface area (Å²) in [7, 11) is 0. The van der Waals surface area contributed by atoms with Crippen LogP contribution in [0.4, 0.5) is 0 Å². The Morgan fingerprint density at radius 1 is 0.852 bits per heavy atom. The number of benzene rings is 2. The minimum absolute atomic E-state index is 0.0798. The predicted octanol–water partition coefficient (Wildman–Crippen LogP) is 2.55. The maximum atomic E-state index is 12.2. The lowest BCUT2D eigenvalue weighted by Crippen LogP contribution is -2.22. The van der Waals surface area contributed by atoms with Crippen LogP contribution in [0, 0.1) is 0 Å². The van der Waals surface area contributed by atoms with Gasteiger partial charge in [-0.1, -0.05) is 0 Å². The normalized spacial score (nSPS) is 14.6. The van der Waals surface area contributed by atoms with Gasteiger partial charge in [0.05, 0.1) is 11.1 Å². The minimum Gasteiger partial charge on any atom is -0.458 e. The van der Waals surface area contributed by atoms with Crippen LogP contribution in [0.2, 0.25) is 0 Å². The number of hydrogen-bond donors (Lipinski definition) is 0. The van der Waals surface area contributed by atoms with Crippen molar-refractivity contribution in [2.24, 2.45) is 0 Å². The van der Waals surface area contributed by atoms with E-state index in [1.54, 1.807) is 43.3 Å². The third-order valence-corrected chi connectivity index (χ3v) is 3.97. The molecule has 0 N–H and O–H groups in total. The van der Waals surface area contributed by atoms with Crippen LogP contribution in [0.15, 0.2) is 36.4 Å². The van der Waals surface area contributed by atoms with E-state index in [4.69, 9.17) is 28.4 Å². The van der Waals surface area contributed by atoms with Crippen molar-refractivity contribution in [3.05, 3.63) is 47.5 Å². The molecule has 0 fully saturated rings. The van der Waals surface area contributed by atoms with E-state index >= 15 is 0 Å². The number of carbonyl (C=O) groups excluding carboxylic acids is 2. The quantitative estimate of drug-likeness (QED) is 0.740. The first-order valence-electron chi connectivity index (χ1n) is 8.27. The van der Waals surface area contributed by atoms with Crippen LogP contribution in [0.3, 0.4) is 0 Å². The minimum atomic E-state index is -0.624. The molecule has 0 bridgehead atoms. The second-order valence-corrected chi connectivity index (χ2v) is 5.95. The van der Waals surface area contributed by atoms with Gasteiger partial charge in [0.25, 0.3) is 0 Å². The number of esters is 2. The third-order valence-electron chi connectivity index (χ3n) is 3.97. The Hall–Kier alpha value is -3.42. The number of ether oxygens (including phenoxy) is 6. The van der Waals surface area contributed by atoms with Crippen LogP contribution in [0.1, 0.15) is 27.6 Å². The van der Waals surface area contributed by atoms with Crippen LogP contribution in [0.25, 0.3) is 0 Å². The first-order valence-corrected chi connectivity index (χ1v) is 8.27. The molecule has 1 unspecified atom stereocenters. The summed E-state index contributed by atoms with van der Waals surface area (Å²) in [5, 5.41) is 0. The van der Waals surface area contributed by atoms with Crippen LogP contribution in [0.5, 0.6) is 23.0 Å². The molecule has 8 nitrogen and oxygen atoms in total. The molecule has 8 heteroatoms. The molecular weight excluding hydrogens is 356 g/mol. The Bertz CT molecular complexity index is 891. The van der Waals surface area contributed by atoms with Gasteiger partial charge in [-0.05, 0) is 43.3 Å². The van der Waals surface area contributed by atoms with E-state index in [2.05, 4.69) is 0 Å². The van der Waals surface area contributed by atoms with Crippen molar-refractivity contribution in [3.63, 3.8) is 0 Å². The molecule has 140 valence electrons. The third kappa shape index (κ3) is 3.59. The van der Waals surface area contributed by atoms with Crippen molar-refractivity contribution in [2.75, 3.05) is 20.2 Å². The fraction of sp³-hybridized carbons (Fsp3) is 0.263. The number of rotatable bonds is 5. The van der Waals surface area contributed by atoms with Gasteiger partial charge in [0, 0.05) is 0 Å². The molecule has 0 amide bonds. The highest BCUT2D eigenvalue weighted by Crippen LogP contribution is 2.33. The van der Waals surface area contributed by atoms with Crippen LogP contribution >= 0.6 is 0 Å². The monoisotopic (exact) mass is 372 g/mol. The number of carbonyl (C=O) groups is 2. The average Bonchev–Trinajstić information content (AvgIpc) is 3.33. The molecule has 2 aromatic carbocycles. The molecule has 0 aliphatic carbocycles. The highest BCUT2D eigenvalue weighted by atomic mass is 16.7. The van der Waals surface area contributed by atoms with E-state index in [9.17, 15) is 9.59 Å². The summed E-state index contributed by atoms with van der Waals surface area (Å²) in [6, 6.07) is 9.55. The smallest absolute Gasteiger partial charge is 0.338 e. The molecule has 27 heavy (non-hydrogen) atoms. The first kappa shape index (κ1) is 17.0. The predicted molar refractivity (Wildman–Crippen MR) is 90.3 cm³/mol. The Morgan fingerprint density at radius 3 is 1.96 bits per heavy atom. The lowest BCUT2D eigenvalue weighted by Gasteiger charge is -2.14. The number of fused-ring (bicyclic) bond motifs is 2. The van der Waals surface area contributed by atoms with Crippen LogP contribution in [-0.2, 0) is 9.47 Å². The molecule has 2 heterocycles. The fourth-order valence-corrected chi connectivity index (χ4v) is 2.61. The summed E-state index contributed by atoms with van der Waals surface area (Å²) in [5.41, 5.74) is 0.654. The van der Waals surface area contributed by atoms with Crippen molar-refractivity contribution in [2.45, 2.75) is 13.0 Å². The van der Waals surface area contributed by atoms with Gasteiger partial charge in [0.15, 0.2) is 23.0 Å². The molecule has 2 aliphatic heterocycles. The van der Waals surface area contributed by atoms with Gasteiger partial charge in [-0.15, -0.1) is 0 Å². The summed E-state index contributed by atoms with van der Waals surface area (Å²) < 4.78 is 31.4. The van der Waals surface area contributed by atoms with Crippen molar-refractivity contribution < 1.29 is 38.0 Å². The summed E-state index contributed by atoms with van der Waals surface area (Å²) in [4.78, 5) is 24.4. The van der Waals surface area contributed by atoms with Crippen molar-refractivity contribution >= 4 is 11.9 Å². The van der Waals surface area contributed by atoms with E-state index in [0.29, 0.717) is 34.1 Å². The Morgan fingerprint density at radius 2 is 1.37 bits per heavy atom. The molecule has 0 aromatic heterocycles. The standard InChI is InChI=1S/C19H16O8/c1-11(27-19(21)13-3-5-15-17(7-13)26-10-24-15)8-22-18(20)12-2-4-14-16(6-12)25-9-23-14/h2-7,11H,8-10H2,1H3. The summed E-state index contributed by atoms with van der Waals surface area (Å²) in [6.45, 7) is 1.81. The Balaban J connectivity index is 1.31. The van der Waals surface area contributed by atoms with E-state index in [1.807, 2.05) is 0 Å². The first-order chi connectivity index (χ1) is 13.1. The lowest BCUT2D eigenvalue weighted by atomic mass is 10.2. The van der Waals surface area contributed by atoms with E-state index in [-0.39, 0.29) is 20.2 Å². The highest BCUT2D eigenvalue weighted by Gasteiger charge is 2.20. The Kier molecular flexibility index (Phi) is 4.45. The van der Waals surface area contributed by atoms with Crippen molar-refractivity contribution in [1.29, 1.82) is 0 Å². The molecule has 4 rings (SSSR count). The fourth-order valence-electron chi connectivity index (χ4n) is 2.61. The highest BCUT2D eigenvalue weighted by molar-refractivity contribution is 5.91. The topological polar surface area (TPSA) is 89.5 Å². The second-order valence-electron chi connectivity index (χ2n) is 5.95. The summed E-state index contributed by atoms with van der Waals surface area (Å²) in [5.74, 6) is 1.06. The second kappa shape index (κ2) is 7.06. The van der Waals surface area contributed by atoms with Gasteiger partial charge in [0.2, 0.25) is 13.6 Å². The largest absolute Gasteiger partial charge is 0.458 e. The molecular formula is C19H16O8. The van der Waals surface area contributed by atoms with E-state index in [0.717, 1.165) is 0 Å². The van der Waals surface area contributed by atoms with Gasteiger partial charge < -0.3 is 28.4 Å². The molecule has 0 saturated carbocycles. The van der Waals surface area contributed by atoms with Crippen molar-refractivity contribution in [1.82, 2.24) is 0 Å². The zero-order valence-electron chi connectivity index (χ0n) is 14.4. The summed E-state index contributed by atoms with van der Waals surface area (Å²) >= 11 is 0. The number of hydrogen-bond acceptors (Lipinski definition) is 8. The maximum Gasteiger partial charge on any atom is 0.338 e. The van der Waals surface area contributed by atoms with E-state index in [1.165, 1.54) is 0 Å². The maximum absolute atomic E-state index is 12.2. The van der Waals surface area contributed by atoms with Gasteiger partial charge in [0.1, 0.15) is 12.7 Å². The molecule has 2 aliphatic rings. The van der Waals surface area contributed by atoms with Crippen LogP contribution in [-0.4, -0.2) is 38.2 Å². The average molecular weight is 372 g/mol. The van der Waals surface area contributed by atoms with Gasteiger partial charge >= 0.3 is 11.9 Å². The zero-order chi connectivity index (χ0) is 18.8. The van der Waals surface area contributed by atoms with Gasteiger partial charge in [-0.3, -0.25) is 0 Å². The molecule has 0 radical (unpaired) electrons. The van der Waals surface area contributed by atoms with Crippen molar-refractivity contribution in [3.8, 4) is 23.0 Å². The molecule has 0 spiro atoms. The van der Waals surface area contributed by atoms with Crippen LogP contribution < -0.4 is 18.9 Å². The Labute approximate surface area is 154 Å². The van der Waals surface area contributed by atoms with Gasteiger partial charge in [-0.2, -0.15) is 0 Å². The molecule has 0 saturated heterocycles. The lowest BCUT2D eigenvalue weighted by molar-refractivity contribution is 0.00445. The molecule has 2 aromatic rings.